The van der Waals surface area contributed by atoms with Crippen LogP contribution >= 0.6 is 11.3 Å². The monoisotopic (exact) mass is 235 g/mol. The van der Waals surface area contributed by atoms with Crippen LogP contribution in [0.25, 0.3) is 0 Å². The predicted molar refractivity (Wildman–Crippen MR) is 67.5 cm³/mol. The summed E-state index contributed by atoms with van der Waals surface area (Å²) in [6.45, 7) is 6.11. The van der Waals surface area contributed by atoms with Crippen molar-refractivity contribution in [2.24, 2.45) is 0 Å². The molecule has 2 rings (SSSR count). The highest BCUT2D eigenvalue weighted by Crippen LogP contribution is 2.18. The van der Waals surface area contributed by atoms with E-state index in [1.54, 1.807) is 11.3 Å². The van der Waals surface area contributed by atoms with E-state index in [2.05, 4.69) is 46.2 Å². The van der Waals surface area contributed by atoms with Gasteiger partial charge in [0.25, 0.3) is 0 Å². The highest BCUT2D eigenvalue weighted by Gasteiger charge is 2.07. The zero-order chi connectivity index (χ0) is 11.4. The van der Waals surface area contributed by atoms with Crippen molar-refractivity contribution in [3.05, 3.63) is 40.6 Å². The van der Waals surface area contributed by atoms with Gasteiger partial charge in [0, 0.05) is 29.9 Å². The van der Waals surface area contributed by atoms with E-state index in [1.807, 2.05) is 12.4 Å². The molecule has 0 saturated carbocycles. The van der Waals surface area contributed by atoms with Crippen LogP contribution in [0.1, 0.15) is 30.6 Å². The molecule has 0 aromatic carbocycles. The van der Waals surface area contributed by atoms with Gasteiger partial charge in [-0.3, -0.25) is 0 Å². The molecule has 2 aromatic heterocycles. The molecule has 0 amide bonds. The first kappa shape index (κ1) is 11.4. The lowest BCUT2D eigenvalue weighted by Gasteiger charge is -2.12. The van der Waals surface area contributed by atoms with Gasteiger partial charge in [-0.25, -0.2) is 4.98 Å². The van der Waals surface area contributed by atoms with Crippen LogP contribution in [-0.4, -0.2) is 9.55 Å². The molecule has 16 heavy (non-hydrogen) atoms. The first-order valence-corrected chi connectivity index (χ1v) is 6.46. The molecule has 0 radical (unpaired) electrons. The maximum atomic E-state index is 4.34. The number of nitrogens with zero attached hydrogens (tertiary/aromatic N) is 2. The maximum Gasteiger partial charge on any atom is 0.122 e. The Morgan fingerprint density at radius 3 is 3.12 bits per heavy atom. The van der Waals surface area contributed by atoms with Crippen LogP contribution in [0, 0.1) is 0 Å². The largest absolute Gasteiger partial charge is 0.334 e. The number of hydrogen-bond acceptors (Lipinski definition) is 3. The molecule has 86 valence electrons. The third kappa shape index (κ3) is 2.51. The summed E-state index contributed by atoms with van der Waals surface area (Å²) in [4.78, 5) is 5.71. The van der Waals surface area contributed by atoms with Gasteiger partial charge in [0.15, 0.2) is 0 Å². The van der Waals surface area contributed by atoms with Crippen LogP contribution in [0.15, 0.2) is 29.9 Å². The van der Waals surface area contributed by atoms with Gasteiger partial charge in [-0.15, -0.1) is 11.3 Å². The van der Waals surface area contributed by atoms with Crippen LogP contribution in [-0.2, 0) is 13.1 Å². The SMILES string of the molecule is CCn1ccnc1CNC(C)c1cccs1. The average molecular weight is 235 g/mol. The molecule has 0 aliphatic carbocycles. The summed E-state index contributed by atoms with van der Waals surface area (Å²) in [6.07, 6.45) is 3.88. The second kappa shape index (κ2) is 5.27. The lowest BCUT2D eigenvalue weighted by molar-refractivity contribution is 0.546. The molecular weight excluding hydrogens is 218 g/mol. The van der Waals surface area contributed by atoms with E-state index >= 15 is 0 Å². The summed E-state index contributed by atoms with van der Waals surface area (Å²) < 4.78 is 2.16. The summed E-state index contributed by atoms with van der Waals surface area (Å²) in [7, 11) is 0. The second-order valence-corrected chi connectivity index (χ2v) is 4.73. The highest BCUT2D eigenvalue weighted by molar-refractivity contribution is 7.10. The van der Waals surface area contributed by atoms with Crippen LogP contribution in [0.5, 0.6) is 0 Å². The number of aryl methyl sites for hydroxylation is 1. The Morgan fingerprint density at radius 2 is 2.44 bits per heavy atom. The summed E-state index contributed by atoms with van der Waals surface area (Å²) in [5, 5.41) is 5.60. The van der Waals surface area contributed by atoms with E-state index in [9.17, 15) is 0 Å². The first-order chi connectivity index (χ1) is 7.81. The number of nitrogens with one attached hydrogen (secondary N) is 1. The van der Waals surface area contributed by atoms with Crippen molar-refractivity contribution < 1.29 is 0 Å². The van der Waals surface area contributed by atoms with Gasteiger partial charge in [-0.1, -0.05) is 6.07 Å². The molecule has 2 aromatic rings. The number of rotatable bonds is 5. The van der Waals surface area contributed by atoms with E-state index in [0.29, 0.717) is 6.04 Å². The van der Waals surface area contributed by atoms with E-state index in [1.165, 1.54) is 4.88 Å². The molecule has 0 bridgehead atoms. The quantitative estimate of drug-likeness (QED) is 0.863. The molecule has 1 unspecified atom stereocenters. The zero-order valence-corrected chi connectivity index (χ0v) is 10.5. The zero-order valence-electron chi connectivity index (χ0n) is 9.68. The number of thiophene rings is 1. The molecule has 0 aliphatic heterocycles. The summed E-state index contributed by atoms with van der Waals surface area (Å²) in [6, 6.07) is 4.64. The Labute approximate surface area is 100 Å². The van der Waals surface area contributed by atoms with Crippen molar-refractivity contribution in [3.8, 4) is 0 Å². The summed E-state index contributed by atoms with van der Waals surface area (Å²) in [5.74, 6) is 1.10. The normalized spacial score (nSPS) is 12.9. The van der Waals surface area contributed by atoms with Crippen molar-refractivity contribution >= 4 is 11.3 Å². The lowest BCUT2D eigenvalue weighted by atomic mass is 10.3. The molecular formula is C12H17N3S. The minimum Gasteiger partial charge on any atom is -0.334 e. The molecule has 0 spiro atoms. The van der Waals surface area contributed by atoms with Gasteiger partial charge in [-0.05, 0) is 25.3 Å². The third-order valence-electron chi connectivity index (χ3n) is 2.68. The molecule has 1 atom stereocenters. The smallest absolute Gasteiger partial charge is 0.122 e. The minimum absolute atomic E-state index is 0.391. The molecule has 1 N–H and O–H groups in total. The van der Waals surface area contributed by atoms with Gasteiger partial charge in [0.05, 0.1) is 6.54 Å². The van der Waals surface area contributed by atoms with Crippen LogP contribution in [0.4, 0.5) is 0 Å². The van der Waals surface area contributed by atoms with E-state index < -0.39 is 0 Å². The Bertz CT molecular complexity index is 419. The molecule has 0 aliphatic rings. The van der Waals surface area contributed by atoms with Crippen molar-refractivity contribution in [1.29, 1.82) is 0 Å². The van der Waals surface area contributed by atoms with Gasteiger partial charge in [0.1, 0.15) is 5.82 Å². The van der Waals surface area contributed by atoms with Crippen LogP contribution in [0.3, 0.4) is 0 Å². The third-order valence-corrected chi connectivity index (χ3v) is 3.73. The molecule has 3 nitrogen and oxygen atoms in total. The standard InChI is InChI=1S/C12H17N3S/c1-3-15-7-6-13-12(15)9-14-10(2)11-5-4-8-16-11/h4-8,10,14H,3,9H2,1-2H3. The van der Waals surface area contributed by atoms with E-state index in [4.69, 9.17) is 0 Å². The molecule has 0 saturated heterocycles. The maximum absolute atomic E-state index is 4.34. The fraction of sp³-hybridized carbons (Fsp3) is 0.417. The Hall–Kier alpha value is -1.13. The van der Waals surface area contributed by atoms with Gasteiger partial charge in [0.2, 0.25) is 0 Å². The molecule has 2 heterocycles. The lowest BCUT2D eigenvalue weighted by Crippen LogP contribution is -2.19. The molecule has 4 heteroatoms. The number of aromatic nitrogens is 2. The summed E-state index contributed by atoms with van der Waals surface area (Å²) >= 11 is 1.79. The van der Waals surface area contributed by atoms with E-state index in [0.717, 1.165) is 18.9 Å². The van der Waals surface area contributed by atoms with Crippen LogP contribution < -0.4 is 5.32 Å². The fourth-order valence-corrected chi connectivity index (χ4v) is 2.44. The van der Waals surface area contributed by atoms with Crippen molar-refractivity contribution in [3.63, 3.8) is 0 Å². The predicted octanol–water partition coefficient (Wildman–Crippen LogP) is 2.82. The Balaban J connectivity index is 1.92. The van der Waals surface area contributed by atoms with Crippen LogP contribution in [0.2, 0.25) is 0 Å². The Kier molecular flexibility index (Phi) is 3.74. The van der Waals surface area contributed by atoms with Crippen molar-refractivity contribution in [1.82, 2.24) is 14.9 Å². The van der Waals surface area contributed by atoms with E-state index in [-0.39, 0.29) is 0 Å². The number of imidazole rings is 1. The highest BCUT2D eigenvalue weighted by atomic mass is 32.1. The fourth-order valence-electron chi connectivity index (χ4n) is 1.68. The van der Waals surface area contributed by atoms with Gasteiger partial charge >= 0.3 is 0 Å². The number of hydrogen-bond donors (Lipinski definition) is 1. The van der Waals surface area contributed by atoms with Gasteiger partial charge in [-0.2, -0.15) is 0 Å². The van der Waals surface area contributed by atoms with Crippen molar-refractivity contribution in [2.75, 3.05) is 0 Å². The summed E-state index contributed by atoms with van der Waals surface area (Å²) in [5.41, 5.74) is 0. The Morgan fingerprint density at radius 1 is 1.56 bits per heavy atom. The average Bonchev–Trinajstić information content (AvgIpc) is 2.96. The van der Waals surface area contributed by atoms with Crippen molar-refractivity contribution in [2.45, 2.75) is 33.0 Å². The van der Waals surface area contributed by atoms with Gasteiger partial charge < -0.3 is 9.88 Å². The second-order valence-electron chi connectivity index (χ2n) is 3.75. The topological polar surface area (TPSA) is 29.9 Å². The first-order valence-electron chi connectivity index (χ1n) is 5.58. The molecule has 0 fully saturated rings. The minimum atomic E-state index is 0.391.